The molecule has 0 radical (unpaired) electrons. The lowest BCUT2D eigenvalue weighted by atomic mass is 9.89. The average Bonchev–Trinajstić information content (AvgIpc) is 2.42. The molecule has 2 aliphatic rings. The fourth-order valence-electron chi connectivity index (χ4n) is 2.56. The molecule has 0 amide bonds. The Bertz CT molecular complexity index is 420. The van der Waals surface area contributed by atoms with Gasteiger partial charge in [-0.1, -0.05) is 48.1 Å². The first-order valence-electron chi connectivity index (χ1n) is 6.59. The first-order chi connectivity index (χ1) is 8.83. The molecule has 0 aliphatic heterocycles. The van der Waals surface area contributed by atoms with Crippen LogP contribution in [0.3, 0.4) is 0 Å². The van der Waals surface area contributed by atoms with Crippen molar-refractivity contribution < 1.29 is 4.21 Å². The van der Waals surface area contributed by atoms with E-state index in [0.717, 1.165) is 19.3 Å². The predicted octanol–water partition coefficient (Wildman–Crippen LogP) is 2.47. The van der Waals surface area contributed by atoms with Crippen LogP contribution in [0.15, 0.2) is 48.1 Å². The molecular formula is C15H21NOS. The molecule has 2 nitrogen and oxygen atoms in total. The Balaban J connectivity index is 2.19. The van der Waals surface area contributed by atoms with Crippen LogP contribution in [0.25, 0.3) is 0 Å². The van der Waals surface area contributed by atoms with Crippen molar-refractivity contribution in [3.63, 3.8) is 0 Å². The van der Waals surface area contributed by atoms with E-state index in [1.165, 1.54) is 5.57 Å². The van der Waals surface area contributed by atoms with Crippen molar-refractivity contribution in [1.82, 2.24) is 0 Å². The van der Waals surface area contributed by atoms with Gasteiger partial charge in [0.25, 0.3) is 0 Å². The minimum absolute atomic E-state index is 0.139. The standard InChI is InChI=1S/C15H21NOS/c16-11-12-18(17)15(13-7-3-1-4-8-13)14-9-5-2-6-10-14/h1-5,7,9,13,15H,6,8,10-12,16H2. The van der Waals surface area contributed by atoms with E-state index < -0.39 is 10.8 Å². The van der Waals surface area contributed by atoms with Gasteiger partial charge in [0, 0.05) is 23.1 Å². The molecule has 3 heteroatoms. The van der Waals surface area contributed by atoms with Crippen molar-refractivity contribution in [3.8, 4) is 0 Å². The van der Waals surface area contributed by atoms with E-state index in [9.17, 15) is 4.21 Å². The average molecular weight is 263 g/mol. The molecule has 3 atom stereocenters. The number of hydrogen-bond acceptors (Lipinski definition) is 2. The Labute approximate surface area is 112 Å². The van der Waals surface area contributed by atoms with Crippen molar-refractivity contribution in [1.29, 1.82) is 0 Å². The highest BCUT2D eigenvalue weighted by Crippen LogP contribution is 2.30. The summed E-state index contributed by atoms with van der Waals surface area (Å²) in [7, 11) is -0.865. The first kappa shape index (κ1) is 13.5. The van der Waals surface area contributed by atoms with E-state index in [1.807, 2.05) is 0 Å². The molecule has 0 aromatic heterocycles. The van der Waals surface area contributed by atoms with Gasteiger partial charge in [0.1, 0.15) is 0 Å². The summed E-state index contributed by atoms with van der Waals surface area (Å²) < 4.78 is 12.4. The van der Waals surface area contributed by atoms with Gasteiger partial charge in [0.15, 0.2) is 0 Å². The monoisotopic (exact) mass is 263 g/mol. The lowest BCUT2D eigenvalue weighted by Crippen LogP contribution is -2.31. The van der Waals surface area contributed by atoms with Gasteiger partial charge >= 0.3 is 0 Å². The second-order valence-corrected chi connectivity index (χ2v) is 6.39. The Kier molecular flexibility index (Phi) is 5.14. The fraction of sp³-hybridized carbons (Fsp3) is 0.467. The van der Waals surface area contributed by atoms with Crippen LogP contribution in [0.1, 0.15) is 19.3 Å². The minimum atomic E-state index is -0.865. The molecule has 3 unspecified atom stereocenters. The third kappa shape index (κ3) is 3.30. The van der Waals surface area contributed by atoms with E-state index in [1.54, 1.807) is 0 Å². The van der Waals surface area contributed by atoms with Crippen molar-refractivity contribution in [3.05, 3.63) is 48.1 Å². The van der Waals surface area contributed by atoms with Crippen LogP contribution >= 0.6 is 0 Å². The van der Waals surface area contributed by atoms with Crippen LogP contribution < -0.4 is 5.73 Å². The summed E-state index contributed by atoms with van der Waals surface area (Å²) in [5.74, 6) is 0.958. The molecular weight excluding hydrogens is 242 g/mol. The summed E-state index contributed by atoms with van der Waals surface area (Å²) in [6, 6.07) is 0. The first-order valence-corrected chi connectivity index (χ1v) is 7.97. The maximum absolute atomic E-state index is 12.4. The maximum Gasteiger partial charge on any atom is 0.0626 e. The van der Waals surface area contributed by atoms with Crippen molar-refractivity contribution >= 4 is 10.8 Å². The van der Waals surface area contributed by atoms with E-state index in [-0.39, 0.29) is 5.25 Å². The Morgan fingerprint density at radius 1 is 1.33 bits per heavy atom. The normalized spacial score (nSPS) is 25.8. The molecule has 0 fully saturated rings. The van der Waals surface area contributed by atoms with Gasteiger partial charge in [-0.05, 0) is 25.2 Å². The molecule has 0 aromatic rings. The van der Waals surface area contributed by atoms with Gasteiger partial charge in [0.05, 0.1) is 5.25 Å². The molecule has 2 N–H and O–H groups in total. The minimum Gasteiger partial charge on any atom is -0.330 e. The highest BCUT2D eigenvalue weighted by atomic mass is 32.2. The smallest absolute Gasteiger partial charge is 0.0626 e. The fourth-order valence-corrected chi connectivity index (χ4v) is 4.18. The van der Waals surface area contributed by atoms with E-state index in [0.29, 0.717) is 18.2 Å². The number of rotatable bonds is 5. The van der Waals surface area contributed by atoms with Crippen LogP contribution in [0.4, 0.5) is 0 Å². The van der Waals surface area contributed by atoms with Gasteiger partial charge in [0.2, 0.25) is 0 Å². The summed E-state index contributed by atoms with van der Waals surface area (Å²) in [5, 5.41) is 0.139. The van der Waals surface area contributed by atoms with Gasteiger partial charge in [-0.25, -0.2) is 0 Å². The molecule has 0 saturated heterocycles. The zero-order chi connectivity index (χ0) is 12.8. The lowest BCUT2D eigenvalue weighted by Gasteiger charge is -2.28. The van der Waals surface area contributed by atoms with Crippen LogP contribution in [-0.4, -0.2) is 21.8 Å². The Morgan fingerprint density at radius 3 is 2.83 bits per heavy atom. The Morgan fingerprint density at radius 2 is 2.22 bits per heavy atom. The second kappa shape index (κ2) is 6.86. The SMILES string of the molecule is NCCS(=O)C(C1=CC=CCC1)C1C=CC=CC1. The van der Waals surface area contributed by atoms with Gasteiger partial charge in [-0.15, -0.1) is 0 Å². The summed E-state index contributed by atoms with van der Waals surface area (Å²) in [6.45, 7) is 0.499. The quantitative estimate of drug-likeness (QED) is 0.828. The molecule has 0 saturated carbocycles. The van der Waals surface area contributed by atoms with E-state index in [4.69, 9.17) is 5.73 Å². The number of nitrogens with two attached hydrogens (primary N) is 1. The molecule has 18 heavy (non-hydrogen) atoms. The van der Waals surface area contributed by atoms with Crippen molar-refractivity contribution in [2.45, 2.75) is 24.5 Å². The molecule has 2 aliphatic carbocycles. The van der Waals surface area contributed by atoms with Gasteiger partial charge < -0.3 is 5.73 Å². The van der Waals surface area contributed by atoms with E-state index >= 15 is 0 Å². The van der Waals surface area contributed by atoms with Crippen LogP contribution in [0, 0.1) is 5.92 Å². The number of allylic oxidation sites excluding steroid dienone is 7. The third-order valence-corrected chi connectivity index (χ3v) is 5.27. The molecule has 2 rings (SSSR count). The molecule has 0 bridgehead atoms. The lowest BCUT2D eigenvalue weighted by molar-refractivity contribution is 0.609. The van der Waals surface area contributed by atoms with Crippen LogP contribution in [0.2, 0.25) is 0 Å². The van der Waals surface area contributed by atoms with Crippen LogP contribution in [-0.2, 0) is 10.8 Å². The summed E-state index contributed by atoms with van der Waals surface area (Å²) >= 11 is 0. The number of hydrogen-bond donors (Lipinski definition) is 1. The van der Waals surface area contributed by atoms with Crippen molar-refractivity contribution in [2.75, 3.05) is 12.3 Å². The van der Waals surface area contributed by atoms with Gasteiger partial charge in [-0.3, -0.25) is 4.21 Å². The second-order valence-electron chi connectivity index (χ2n) is 4.72. The zero-order valence-corrected chi connectivity index (χ0v) is 11.4. The Hall–Kier alpha value is -0.930. The van der Waals surface area contributed by atoms with Crippen LogP contribution in [0.5, 0.6) is 0 Å². The third-order valence-electron chi connectivity index (χ3n) is 3.42. The summed E-state index contributed by atoms with van der Waals surface area (Å²) in [4.78, 5) is 0. The topological polar surface area (TPSA) is 43.1 Å². The molecule has 98 valence electrons. The van der Waals surface area contributed by atoms with Crippen molar-refractivity contribution in [2.24, 2.45) is 11.7 Å². The molecule has 0 aromatic carbocycles. The largest absolute Gasteiger partial charge is 0.330 e. The maximum atomic E-state index is 12.4. The highest BCUT2D eigenvalue weighted by Gasteiger charge is 2.28. The molecule has 0 heterocycles. The summed E-state index contributed by atoms with van der Waals surface area (Å²) in [5.41, 5.74) is 6.90. The zero-order valence-electron chi connectivity index (χ0n) is 10.6. The predicted molar refractivity (Wildman–Crippen MR) is 78.7 cm³/mol. The van der Waals surface area contributed by atoms with E-state index in [2.05, 4.69) is 42.5 Å². The molecule has 0 spiro atoms. The van der Waals surface area contributed by atoms with Gasteiger partial charge in [-0.2, -0.15) is 0 Å². The summed E-state index contributed by atoms with van der Waals surface area (Å²) in [6.07, 6.45) is 18.0. The highest BCUT2D eigenvalue weighted by molar-refractivity contribution is 7.85.